The van der Waals surface area contributed by atoms with Crippen LogP contribution in [0.25, 0.3) is 0 Å². The molecule has 1 fully saturated rings. The third kappa shape index (κ3) is 3.03. The Bertz CT molecular complexity index is 773. The summed E-state index contributed by atoms with van der Waals surface area (Å²) in [6.45, 7) is 1.97. The van der Waals surface area contributed by atoms with Gasteiger partial charge in [-0.05, 0) is 31.0 Å². The van der Waals surface area contributed by atoms with Crippen molar-refractivity contribution in [1.29, 1.82) is 0 Å². The predicted octanol–water partition coefficient (Wildman–Crippen LogP) is 0.570. The first-order chi connectivity index (χ1) is 11.5. The number of aliphatic hydroxyl groups excluding tert-OH is 1. The van der Waals surface area contributed by atoms with E-state index in [1.165, 1.54) is 4.90 Å². The lowest BCUT2D eigenvalue weighted by Crippen LogP contribution is -2.52. The van der Waals surface area contributed by atoms with Gasteiger partial charge in [-0.25, -0.2) is 0 Å². The number of nitrogens with zero attached hydrogens (tertiary/aromatic N) is 1. The fourth-order valence-corrected chi connectivity index (χ4v) is 3.00. The molecule has 6 heteroatoms. The number of rotatable bonds is 2. The normalized spacial score (nSPS) is 21.0. The van der Waals surface area contributed by atoms with Crippen molar-refractivity contribution in [3.8, 4) is 11.8 Å². The quantitative estimate of drug-likeness (QED) is 0.614. The fourth-order valence-electron chi connectivity index (χ4n) is 3.00. The van der Waals surface area contributed by atoms with Crippen molar-refractivity contribution in [1.82, 2.24) is 10.2 Å². The highest BCUT2D eigenvalue weighted by atomic mass is 16.3. The second-order valence-electron chi connectivity index (χ2n) is 6.09. The number of carbonyl (C=O) groups excluding carboxylic acids is 3. The van der Waals surface area contributed by atoms with E-state index < -0.39 is 18.1 Å². The lowest BCUT2D eigenvalue weighted by molar-refractivity contribution is -0.136. The highest BCUT2D eigenvalue weighted by Crippen LogP contribution is 2.29. The summed E-state index contributed by atoms with van der Waals surface area (Å²) in [5.41, 5.74) is 2.07. The molecule has 6 nitrogen and oxygen atoms in total. The Labute approximate surface area is 139 Å². The summed E-state index contributed by atoms with van der Waals surface area (Å²) in [5.74, 6) is 4.96. The van der Waals surface area contributed by atoms with Crippen molar-refractivity contribution >= 4 is 17.7 Å². The third-order valence-electron chi connectivity index (χ3n) is 4.20. The SMILES string of the molecule is CC(O)CC#Cc1cccc2c1CN(C1CCC(=O)NC1=O)C2=O. The molecule has 2 heterocycles. The summed E-state index contributed by atoms with van der Waals surface area (Å²) in [6, 6.07) is 4.69. The smallest absolute Gasteiger partial charge is 0.255 e. The molecule has 3 rings (SSSR count). The van der Waals surface area contributed by atoms with Gasteiger partial charge < -0.3 is 10.0 Å². The van der Waals surface area contributed by atoms with Gasteiger partial charge >= 0.3 is 0 Å². The molecule has 2 unspecified atom stereocenters. The van der Waals surface area contributed by atoms with Gasteiger partial charge in [0.2, 0.25) is 11.8 Å². The van der Waals surface area contributed by atoms with Gasteiger partial charge in [-0.2, -0.15) is 0 Å². The molecule has 1 aromatic rings. The van der Waals surface area contributed by atoms with Crippen molar-refractivity contribution < 1.29 is 19.5 Å². The number of benzene rings is 1. The number of hydrogen-bond acceptors (Lipinski definition) is 4. The Balaban J connectivity index is 1.85. The predicted molar refractivity (Wildman–Crippen MR) is 85.7 cm³/mol. The summed E-state index contributed by atoms with van der Waals surface area (Å²) in [7, 11) is 0. The van der Waals surface area contributed by atoms with Gasteiger partial charge in [-0.3, -0.25) is 19.7 Å². The zero-order valence-electron chi connectivity index (χ0n) is 13.3. The number of amides is 3. The largest absolute Gasteiger partial charge is 0.392 e. The Morgan fingerprint density at radius 1 is 1.38 bits per heavy atom. The molecule has 0 saturated carbocycles. The van der Waals surface area contributed by atoms with Crippen LogP contribution in [0.15, 0.2) is 18.2 Å². The Morgan fingerprint density at radius 2 is 2.17 bits per heavy atom. The molecule has 0 radical (unpaired) electrons. The molecule has 0 aromatic heterocycles. The van der Waals surface area contributed by atoms with E-state index in [1.54, 1.807) is 19.1 Å². The van der Waals surface area contributed by atoms with Crippen LogP contribution in [0.3, 0.4) is 0 Å². The highest BCUT2D eigenvalue weighted by Gasteiger charge is 2.39. The zero-order chi connectivity index (χ0) is 17.3. The molecule has 0 bridgehead atoms. The number of nitrogens with one attached hydrogen (secondary N) is 1. The van der Waals surface area contributed by atoms with E-state index in [4.69, 9.17) is 0 Å². The van der Waals surface area contributed by atoms with Crippen molar-refractivity contribution in [2.45, 2.75) is 44.9 Å². The number of hydrogen-bond donors (Lipinski definition) is 2. The standard InChI is InChI=1S/C18H18N2O4/c1-11(21)4-2-5-12-6-3-7-13-14(12)10-20(18(13)24)15-8-9-16(22)19-17(15)23/h3,6-7,11,15,21H,4,8-10H2,1H3,(H,19,22,23). The molecular formula is C18H18N2O4. The van der Waals surface area contributed by atoms with E-state index in [1.807, 2.05) is 6.07 Å². The van der Waals surface area contributed by atoms with E-state index in [2.05, 4.69) is 17.2 Å². The lowest BCUT2D eigenvalue weighted by Gasteiger charge is -2.29. The minimum absolute atomic E-state index is 0.210. The Hall–Kier alpha value is -2.65. The third-order valence-corrected chi connectivity index (χ3v) is 4.20. The summed E-state index contributed by atoms with van der Waals surface area (Å²) in [4.78, 5) is 37.5. The first-order valence-electron chi connectivity index (χ1n) is 7.91. The van der Waals surface area contributed by atoms with Crippen LogP contribution < -0.4 is 5.32 Å². The maximum absolute atomic E-state index is 12.6. The van der Waals surface area contributed by atoms with Gasteiger partial charge in [0.15, 0.2) is 0 Å². The van der Waals surface area contributed by atoms with Crippen molar-refractivity contribution in [2.75, 3.05) is 0 Å². The van der Waals surface area contributed by atoms with Crippen LogP contribution in [0.5, 0.6) is 0 Å². The van der Waals surface area contributed by atoms with Crippen molar-refractivity contribution in [2.24, 2.45) is 0 Å². The van der Waals surface area contributed by atoms with Crippen molar-refractivity contribution in [3.05, 3.63) is 34.9 Å². The van der Waals surface area contributed by atoms with Gasteiger partial charge in [-0.15, -0.1) is 0 Å². The molecule has 3 amide bonds. The van der Waals surface area contributed by atoms with Gasteiger partial charge in [0.1, 0.15) is 6.04 Å². The second kappa shape index (κ2) is 6.46. The van der Waals surface area contributed by atoms with Gasteiger partial charge in [0, 0.05) is 30.5 Å². The summed E-state index contributed by atoms with van der Waals surface area (Å²) in [5, 5.41) is 11.6. The maximum atomic E-state index is 12.6. The number of aliphatic hydroxyl groups is 1. The molecule has 2 aliphatic rings. The molecule has 0 aliphatic carbocycles. The monoisotopic (exact) mass is 326 g/mol. The van der Waals surface area contributed by atoms with E-state index in [-0.39, 0.29) is 18.2 Å². The molecule has 1 saturated heterocycles. The molecule has 24 heavy (non-hydrogen) atoms. The first kappa shape index (κ1) is 16.2. The summed E-state index contributed by atoms with van der Waals surface area (Å²) in [6.07, 6.45) is 0.426. The van der Waals surface area contributed by atoms with Crippen molar-refractivity contribution in [3.63, 3.8) is 0 Å². The minimum atomic E-state index is -0.624. The van der Waals surface area contributed by atoms with Gasteiger partial charge in [0.05, 0.1) is 6.10 Å². The van der Waals surface area contributed by atoms with Gasteiger partial charge in [0.25, 0.3) is 5.91 Å². The molecule has 2 aliphatic heterocycles. The topological polar surface area (TPSA) is 86.7 Å². The van der Waals surface area contributed by atoms with E-state index >= 15 is 0 Å². The molecule has 1 aromatic carbocycles. The summed E-state index contributed by atoms with van der Waals surface area (Å²) < 4.78 is 0. The average molecular weight is 326 g/mol. The average Bonchev–Trinajstić information content (AvgIpc) is 2.85. The van der Waals surface area contributed by atoms with Crippen LogP contribution >= 0.6 is 0 Å². The number of piperidine rings is 1. The first-order valence-corrected chi connectivity index (χ1v) is 7.91. The Kier molecular flexibility index (Phi) is 4.36. The molecule has 2 N–H and O–H groups in total. The highest BCUT2D eigenvalue weighted by molar-refractivity contribution is 6.05. The van der Waals surface area contributed by atoms with E-state index in [0.717, 1.165) is 11.1 Å². The lowest BCUT2D eigenvalue weighted by atomic mass is 10.0. The van der Waals surface area contributed by atoms with Gasteiger partial charge in [-0.1, -0.05) is 17.9 Å². The molecule has 2 atom stereocenters. The number of carbonyl (C=O) groups is 3. The molecule has 124 valence electrons. The molecular weight excluding hydrogens is 308 g/mol. The van der Waals surface area contributed by atoms with E-state index in [9.17, 15) is 19.5 Å². The maximum Gasteiger partial charge on any atom is 0.255 e. The minimum Gasteiger partial charge on any atom is -0.392 e. The fraction of sp³-hybridized carbons (Fsp3) is 0.389. The molecule has 0 spiro atoms. The zero-order valence-corrected chi connectivity index (χ0v) is 13.3. The van der Waals surface area contributed by atoms with Crippen LogP contribution in [-0.4, -0.2) is 39.9 Å². The van der Waals surface area contributed by atoms with E-state index in [0.29, 0.717) is 24.9 Å². The number of fused-ring (bicyclic) bond motifs is 1. The van der Waals surface area contributed by atoms with Crippen LogP contribution in [0.1, 0.15) is 47.7 Å². The second-order valence-corrected chi connectivity index (χ2v) is 6.09. The number of imide groups is 1. The Morgan fingerprint density at radius 3 is 2.88 bits per heavy atom. The summed E-state index contributed by atoms with van der Waals surface area (Å²) >= 11 is 0. The van der Waals surface area contributed by atoms with Crippen LogP contribution in [0.2, 0.25) is 0 Å². The van der Waals surface area contributed by atoms with Crippen LogP contribution in [-0.2, 0) is 16.1 Å². The van der Waals surface area contributed by atoms with Crippen LogP contribution in [0, 0.1) is 11.8 Å². The van der Waals surface area contributed by atoms with Crippen LogP contribution in [0.4, 0.5) is 0 Å².